The Kier molecular flexibility index (Phi) is 8.92. The summed E-state index contributed by atoms with van der Waals surface area (Å²) in [5.41, 5.74) is 1.98. The maximum atomic E-state index is 11.6. The van der Waals surface area contributed by atoms with Crippen molar-refractivity contribution in [3.8, 4) is 0 Å². The van der Waals surface area contributed by atoms with Crippen LogP contribution in [-0.4, -0.2) is 56.8 Å². The summed E-state index contributed by atoms with van der Waals surface area (Å²) in [7, 11) is 5.84. The summed E-state index contributed by atoms with van der Waals surface area (Å²) < 4.78 is 5.18. The minimum atomic E-state index is -0.489. The third kappa shape index (κ3) is 9.88. The summed E-state index contributed by atoms with van der Waals surface area (Å²) >= 11 is 0. The molecule has 7 nitrogen and oxygen atoms in total. The van der Waals surface area contributed by atoms with E-state index in [1.54, 1.807) is 7.05 Å². The van der Waals surface area contributed by atoms with Gasteiger partial charge in [0.25, 0.3) is 0 Å². The van der Waals surface area contributed by atoms with Gasteiger partial charge in [-0.25, -0.2) is 4.79 Å². The SMILES string of the molecule is CN=C(NCCNC(=O)OC(C)(C)C)NCc1ccc(CN(C)C)cc1. The van der Waals surface area contributed by atoms with Crippen LogP contribution in [0.5, 0.6) is 0 Å². The smallest absolute Gasteiger partial charge is 0.407 e. The third-order valence-corrected chi connectivity index (χ3v) is 3.29. The van der Waals surface area contributed by atoms with E-state index >= 15 is 0 Å². The van der Waals surface area contributed by atoms with E-state index in [0.717, 1.165) is 6.54 Å². The number of alkyl carbamates (subject to hydrolysis) is 1. The van der Waals surface area contributed by atoms with Crippen molar-refractivity contribution >= 4 is 12.1 Å². The Hall–Kier alpha value is -2.28. The van der Waals surface area contributed by atoms with Crippen molar-refractivity contribution in [1.82, 2.24) is 20.9 Å². The van der Waals surface area contributed by atoms with Gasteiger partial charge in [0.1, 0.15) is 5.60 Å². The average Bonchev–Trinajstić information content (AvgIpc) is 2.53. The molecular weight excluding hydrogens is 330 g/mol. The van der Waals surface area contributed by atoms with E-state index in [9.17, 15) is 4.79 Å². The van der Waals surface area contributed by atoms with Crippen LogP contribution < -0.4 is 16.0 Å². The summed E-state index contributed by atoms with van der Waals surface area (Å²) in [6.45, 7) is 8.13. The van der Waals surface area contributed by atoms with Gasteiger partial charge in [-0.15, -0.1) is 0 Å². The second-order valence-electron chi connectivity index (χ2n) is 7.34. The van der Waals surface area contributed by atoms with E-state index in [1.165, 1.54) is 11.1 Å². The molecule has 0 atom stereocenters. The van der Waals surface area contributed by atoms with Crippen LogP contribution in [0.4, 0.5) is 4.79 Å². The van der Waals surface area contributed by atoms with Crippen molar-refractivity contribution in [2.45, 2.75) is 39.5 Å². The number of ether oxygens (including phenoxy) is 1. The maximum absolute atomic E-state index is 11.6. The van der Waals surface area contributed by atoms with Gasteiger partial charge in [0.2, 0.25) is 0 Å². The highest BCUT2D eigenvalue weighted by molar-refractivity contribution is 5.79. The molecule has 0 heterocycles. The van der Waals surface area contributed by atoms with Crippen LogP contribution in [0.3, 0.4) is 0 Å². The first kappa shape index (κ1) is 21.8. The molecule has 26 heavy (non-hydrogen) atoms. The fraction of sp³-hybridized carbons (Fsp3) is 0.579. The quantitative estimate of drug-likeness (QED) is 0.392. The predicted molar refractivity (Wildman–Crippen MR) is 106 cm³/mol. The van der Waals surface area contributed by atoms with E-state index in [4.69, 9.17) is 4.74 Å². The normalized spacial score (nSPS) is 12.0. The minimum Gasteiger partial charge on any atom is -0.444 e. The van der Waals surface area contributed by atoms with E-state index in [-0.39, 0.29) is 0 Å². The Morgan fingerprint density at radius 2 is 1.62 bits per heavy atom. The van der Waals surface area contributed by atoms with E-state index in [1.807, 2.05) is 20.8 Å². The molecule has 0 aromatic heterocycles. The van der Waals surface area contributed by atoms with E-state index in [2.05, 4.69) is 64.2 Å². The molecule has 0 radical (unpaired) electrons. The predicted octanol–water partition coefficient (Wildman–Crippen LogP) is 1.94. The van der Waals surface area contributed by atoms with Crippen molar-refractivity contribution in [1.29, 1.82) is 0 Å². The zero-order valence-electron chi connectivity index (χ0n) is 16.8. The second-order valence-corrected chi connectivity index (χ2v) is 7.34. The number of benzene rings is 1. The molecule has 0 fully saturated rings. The van der Waals surface area contributed by atoms with Gasteiger partial charge < -0.3 is 25.6 Å². The highest BCUT2D eigenvalue weighted by atomic mass is 16.6. The number of guanidine groups is 1. The van der Waals surface area contributed by atoms with Crippen molar-refractivity contribution in [3.63, 3.8) is 0 Å². The molecule has 0 bridgehead atoms. The topological polar surface area (TPSA) is 78.0 Å². The van der Waals surface area contributed by atoms with Crippen LogP contribution in [-0.2, 0) is 17.8 Å². The van der Waals surface area contributed by atoms with Gasteiger partial charge >= 0.3 is 6.09 Å². The van der Waals surface area contributed by atoms with Crippen LogP contribution in [0.15, 0.2) is 29.3 Å². The standard InChI is InChI=1S/C19H33N5O2/c1-19(2,3)26-18(25)22-12-11-21-17(20-4)23-13-15-7-9-16(10-8-15)14-24(5)6/h7-10H,11-14H2,1-6H3,(H,22,25)(H2,20,21,23). The van der Waals surface area contributed by atoms with Crippen molar-refractivity contribution in [2.75, 3.05) is 34.2 Å². The number of nitrogens with zero attached hydrogens (tertiary/aromatic N) is 2. The molecule has 0 aliphatic heterocycles. The molecule has 146 valence electrons. The molecule has 0 saturated carbocycles. The summed E-state index contributed by atoms with van der Waals surface area (Å²) in [6, 6.07) is 8.50. The first-order valence-corrected chi connectivity index (χ1v) is 8.83. The monoisotopic (exact) mass is 363 g/mol. The highest BCUT2D eigenvalue weighted by Crippen LogP contribution is 2.06. The Bertz CT molecular complexity index is 577. The van der Waals surface area contributed by atoms with Crippen LogP contribution in [0.2, 0.25) is 0 Å². The van der Waals surface area contributed by atoms with Crippen LogP contribution >= 0.6 is 0 Å². The Morgan fingerprint density at radius 1 is 1.04 bits per heavy atom. The van der Waals surface area contributed by atoms with Gasteiger partial charge in [-0.05, 0) is 46.0 Å². The molecule has 0 aliphatic carbocycles. The number of amides is 1. The zero-order chi connectivity index (χ0) is 19.6. The fourth-order valence-corrected chi connectivity index (χ4v) is 2.19. The number of aliphatic imine (C=N–C) groups is 1. The van der Waals surface area contributed by atoms with Gasteiger partial charge in [0, 0.05) is 33.2 Å². The second kappa shape index (κ2) is 10.7. The molecule has 1 amide bonds. The Balaban J connectivity index is 2.29. The molecule has 1 aromatic rings. The zero-order valence-corrected chi connectivity index (χ0v) is 16.8. The summed E-state index contributed by atoms with van der Waals surface area (Å²) in [5, 5.41) is 9.12. The number of hydrogen-bond acceptors (Lipinski definition) is 4. The largest absolute Gasteiger partial charge is 0.444 e. The lowest BCUT2D eigenvalue weighted by Gasteiger charge is -2.20. The van der Waals surface area contributed by atoms with Gasteiger partial charge in [-0.1, -0.05) is 24.3 Å². The molecule has 0 aliphatic rings. The van der Waals surface area contributed by atoms with Crippen LogP contribution in [0.25, 0.3) is 0 Å². The summed E-state index contributed by atoms with van der Waals surface area (Å²) in [6.07, 6.45) is -0.417. The van der Waals surface area contributed by atoms with E-state index in [0.29, 0.717) is 25.6 Å². The van der Waals surface area contributed by atoms with Gasteiger partial charge in [0.15, 0.2) is 5.96 Å². The Morgan fingerprint density at radius 3 is 2.15 bits per heavy atom. The molecule has 0 unspecified atom stereocenters. The summed E-state index contributed by atoms with van der Waals surface area (Å²) in [4.78, 5) is 17.9. The number of carbonyl (C=O) groups excluding carboxylic acids is 1. The average molecular weight is 364 g/mol. The van der Waals surface area contributed by atoms with Crippen molar-refractivity contribution in [2.24, 2.45) is 4.99 Å². The minimum absolute atomic E-state index is 0.417. The number of nitrogens with one attached hydrogen (secondary N) is 3. The Labute approximate surface area is 157 Å². The molecule has 0 spiro atoms. The third-order valence-electron chi connectivity index (χ3n) is 3.29. The lowest BCUT2D eigenvalue weighted by Crippen LogP contribution is -2.42. The van der Waals surface area contributed by atoms with Crippen molar-refractivity contribution < 1.29 is 9.53 Å². The molecule has 1 aromatic carbocycles. The highest BCUT2D eigenvalue weighted by Gasteiger charge is 2.15. The van der Waals surface area contributed by atoms with Crippen LogP contribution in [0.1, 0.15) is 31.9 Å². The molecular formula is C19H33N5O2. The number of rotatable bonds is 7. The summed E-state index contributed by atoms with van der Waals surface area (Å²) in [5.74, 6) is 0.688. The first-order valence-electron chi connectivity index (χ1n) is 8.83. The van der Waals surface area contributed by atoms with Gasteiger partial charge in [-0.2, -0.15) is 0 Å². The first-order chi connectivity index (χ1) is 12.2. The van der Waals surface area contributed by atoms with Crippen molar-refractivity contribution in [3.05, 3.63) is 35.4 Å². The molecule has 3 N–H and O–H groups in total. The number of carbonyl (C=O) groups is 1. The van der Waals surface area contributed by atoms with Gasteiger partial charge in [-0.3, -0.25) is 4.99 Å². The van der Waals surface area contributed by atoms with Gasteiger partial charge in [0.05, 0.1) is 0 Å². The molecule has 1 rings (SSSR count). The molecule has 7 heteroatoms. The molecule has 0 saturated heterocycles. The lowest BCUT2D eigenvalue weighted by molar-refractivity contribution is 0.0529. The van der Waals surface area contributed by atoms with E-state index < -0.39 is 11.7 Å². The lowest BCUT2D eigenvalue weighted by atomic mass is 10.1. The number of hydrogen-bond donors (Lipinski definition) is 3. The van der Waals surface area contributed by atoms with Crippen LogP contribution in [0, 0.1) is 0 Å². The fourth-order valence-electron chi connectivity index (χ4n) is 2.19. The maximum Gasteiger partial charge on any atom is 0.407 e.